The van der Waals surface area contributed by atoms with E-state index >= 15 is 0 Å². The van der Waals surface area contributed by atoms with E-state index in [1.165, 1.54) is 60.7 Å². The van der Waals surface area contributed by atoms with Gasteiger partial charge < -0.3 is 5.32 Å². The molecule has 0 atom stereocenters. The van der Waals surface area contributed by atoms with Gasteiger partial charge in [-0.05, 0) is 66.2 Å². The number of nitrogens with one attached hydrogen (secondary N) is 2. The second kappa shape index (κ2) is 10.2. The van der Waals surface area contributed by atoms with Gasteiger partial charge in [-0.1, -0.05) is 11.6 Å². The lowest BCUT2D eigenvalue weighted by Gasteiger charge is -2.13. The van der Waals surface area contributed by atoms with E-state index in [0.717, 1.165) is 12.1 Å². The monoisotopic (exact) mass is 525 g/mol. The number of benzene rings is 3. The molecule has 0 radical (unpaired) electrons. The summed E-state index contributed by atoms with van der Waals surface area (Å²) in [6.07, 6.45) is -2.14. The van der Waals surface area contributed by atoms with Gasteiger partial charge in [-0.15, -0.1) is 0 Å². The second-order valence-electron chi connectivity index (χ2n) is 6.99. The number of alkyl halides is 3. The Labute approximate surface area is 202 Å². The van der Waals surface area contributed by atoms with Crippen molar-refractivity contribution in [2.45, 2.75) is 11.1 Å². The molecule has 2 N–H and O–H groups in total. The molecule has 182 valence electrons. The first-order chi connectivity index (χ1) is 16.3. The Kier molecular flexibility index (Phi) is 7.46. The number of amides is 1. The van der Waals surface area contributed by atoms with Gasteiger partial charge in [-0.3, -0.25) is 19.6 Å². The van der Waals surface area contributed by atoms with Crippen LogP contribution in [0.5, 0.6) is 0 Å². The zero-order valence-corrected chi connectivity index (χ0v) is 19.0. The molecule has 0 aromatic heterocycles. The van der Waals surface area contributed by atoms with Crippen molar-refractivity contribution in [2.75, 3.05) is 10.0 Å². The summed E-state index contributed by atoms with van der Waals surface area (Å²) < 4.78 is 66.1. The van der Waals surface area contributed by atoms with Crippen LogP contribution in [0.1, 0.15) is 11.1 Å². The maximum Gasteiger partial charge on any atom is 0.417 e. The van der Waals surface area contributed by atoms with Crippen molar-refractivity contribution in [1.82, 2.24) is 0 Å². The normalized spacial score (nSPS) is 11.9. The molecule has 0 aliphatic carbocycles. The Morgan fingerprint density at radius 2 is 1.57 bits per heavy atom. The summed E-state index contributed by atoms with van der Waals surface area (Å²) in [4.78, 5) is 21.9. The molecule has 0 spiro atoms. The summed E-state index contributed by atoms with van der Waals surface area (Å²) in [5.74, 6) is -0.544. The molecule has 0 saturated heterocycles. The molecule has 3 aromatic carbocycles. The van der Waals surface area contributed by atoms with E-state index in [4.69, 9.17) is 11.6 Å². The molecule has 0 unspecified atom stereocenters. The fraction of sp³-hybridized carbons (Fsp3) is 0.0455. The molecule has 0 bridgehead atoms. The topological polar surface area (TPSA) is 118 Å². The van der Waals surface area contributed by atoms with E-state index in [9.17, 15) is 36.5 Å². The highest BCUT2D eigenvalue weighted by molar-refractivity contribution is 7.92. The third-order valence-corrected chi connectivity index (χ3v) is 6.21. The van der Waals surface area contributed by atoms with Crippen molar-refractivity contribution in [2.24, 2.45) is 0 Å². The minimum atomic E-state index is -4.76. The largest absolute Gasteiger partial charge is 0.417 e. The second-order valence-corrected chi connectivity index (χ2v) is 9.08. The average Bonchev–Trinajstić information content (AvgIpc) is 2.78. The lowest BCUT2D eigenvalue weighted by Crippen LogP contribution is -2.14. The molecule has 35 heavy (non-hydrogen) atoms. The highest BCUT2D eigenvalue weighted by atomic mass is 35.5. The van der Waals surface area contributed by atoms with Crippen LogP contribution in [0, 0.1) is 10.1 Å². The number of hydrogen-bond acceptors (Lipinski definition) is 5. The van der Waals surface area contributed by atoms with Crippen LogP contribution in [-0.2, 0) is 21.0 Å². The number of non-ortho nitro benzene ring substituents is 1. The molecule has 13 heteroatoms. The van der Waals surface area contributed by atoms with Crippen molar-refractivity contribution in [3.63, 3.8) is 0 Å². The summed E-state index contributed by atoms with van der Waals surface area (Å²) in [6.45, 7) is 0. The van der Waals surface area contributed by atoms with Crippen molar-refractivity contribution >= 4 is 50.7 Å². The highest BCUT2D eigenvalue weighted by Gasteiger charge is 2.33. The zero-order valence-electron chi connectivity index (χ0n) is 17.4. The molecular weight excluding hydrogens is 511 g/mol. The number of rotatable bonds is 7. The van der Waals surface area contributed by atoms with Gasteiger partial charge in [0.1, 0.15) is 0 Å². The molecule has 0 aliphatic heterocycles. The average molecular weight is 526 g/mol. The number of hydrogen-bond donors (Lipinski definition) is 2. The molecule has 8 nitrogen and oxygen atoms in total. The van der Waals surface area contributed by atoms with Gasteiger partial charge in [-0.2, -0.15) is 13.2 Å². The predicted octanol–water partition coefficient (Wildman–Crippen LogP) is 5.72. The lowest BCUT2D eigenvalue weighted by atomic mass is 10.2. The number of halogens is 4. The summed E-state index contributed by atoms with van der Waals surface area (Å²) in [5.41, 5.74) is -0.787. The van der Waals surface area contributed by atoms with Crippen molar-refractivity contribution < 1.29 is 31.3 Å². The fourth-order valence-corrected chi connectivity index (χ4v) is 4.07. The number of nitro groups is 1. The quantitative estimate of drug-likeness (QED) is 0.232. The fourth-order valence-electron chi connectivity index (χ4n) is 2.80. The van der Waals surface area contributed by atoms with Crippen LogP contribution < -0.4 is 10.0 Å². The number of carbonyl (C=O) groups is 1. The predicted molar refractivity (Wildman–Crippen MR) is 124 cm³/mol. The van der Waals surface area contributed by atoms with Crippen molar-refractivity contribution in [3.05, 3.63) is 99.1 Å². The van der Waals surface area contributed by atoms with Gasteiger partial charge in [0.2, 0.25) is 5.91 Å². The number of nitro benzene ring substituents is 1. The Morgan fingerprint density at radius 3 is 2.14 bits per heavy atom. The highest BCUT2D eigenvalue weighted by Crippen LogP contribution is 2.36. The van der Waals surface area contributed by atoms with Crippen LogP contribution in [0.3, 0.4) is 0 Å². The smallest absolute Gasteiger partial charge is 0.323 e. The molecule has 3 aromatic rings. The molecule has 0 fully saturated rings. The first-order valence-electron chi connectivity index (χ1n) is 9.58. The molecule has 0 aliphatic rings. The maximum atomic E-state index is 13.0. The summed E-state index contributed by atoms with van der Waals surface area (Å²) >= 11 is 5.54. The Balaban J connectivity index is 1.66. The van der Waals surface area contributed by atoms with Crippen molar-refractivity contribution in [3.8, 4) is 0 Å². The van der Waals surface area contributed by atoms with Gasteiger partial charge >= 0.3 is 6.18 Å². The number of sulfonamides is 1. The van der Waals surface area contributed by atoms with E-state index in [0.29, 0.717) is 11.6 Å². The van der Waals surface area contributed by atoms with E-state index in [-0.39, 0.29) is 22.0 Å². The number of anilines is 2. The maximum absolute atomic E-state index is 13.0. The van der Waals surface area contributed by atoms with E-state index < -0.39 is 37.6 Å². The summed E-state index contributed by atoms with van der Waals surface area (Å²) in [6, 6.07) is 13.1. The molecule has 1 amide bonds. The van der Waals surface area contributed by atoms with Crippen LogP contribution in [0.2, 0.25) is 5.02 Å². The summed E-state index contributed by atoms with van der Waals surface area (Å²) in [7, 11) is -4.22. The molecule has 0 heterocycles. The van der Waals surface area contributed by atoms with Gasteiger partial charge in [0.05, 0.1) is 20.4 Å². The SMILES string of the molecule is O=C(/C=C/c1ccc([N+](=O)[O-])cc1)Nc1ccc(S(=O)(=O)Nc2ccc(Cl)c(C(F)(F)F)c2)cc1. The van der Waals surface area contributed by atoms with Gasteiger partial charge in [0, 0.05) is 29.6 Å². The van der Waals surface area contributed by atoms with Crippen molar-refractivity contribution in [1.29, 1.82) is 0 Å². The van der Waals surface area contributed by atoms with E-state index in [1.54, 1.807) is 0 Å². The van der Waals surface area contributed by atoms with Crippen LogP contribution >= 0.6 is 11.6 Å². The number of nitrogens with zero attached hydrogens (tertiary/aromatic N) is 1. The molecule has 3 rings (SSSR count). The Morgan fingerprint density at radius 1 is 0.971 bits per heavy atom. The molecular formula is C22H15ClF3N3O5S. The van der Waals surface area contributed by atoms with Gasteiger partial charge in [0.25, 0.3) is 15.7 Å². The van der Waals surface area contributed by atoms with Crippen LogP contribution in [-0.4, -0.2) is 19.2 Å². The zero-order chi connectivity index (χ0) is 25.8. The Bertz CT molecular complexity index is 1390. The number of carbonyl (C=O) groups excluding carboxylic acids is 1. The first-order valence-corrected chi connectivity index (χ1v) is 11.4. The minimum Gasteiger partial charge on any atom is -0.323 e. The van der Waals surface area contributed by atoms with Gasteiger partial charge in [0.15, 0.2) is 0 Å². The molecule has 0 saturated carbocycles. The van der Waals surface area contributed by atoms with Crippen LogP contribution in [0.25, 0.3) is 6.08 Å². The van der Waals surface area contributed by atoms with Gasteiger partial charge in [-0.25, -0.2) is 8.42 Å². The van der Waals surface area contributed by atoms with E-state index in [1.807, 2.05) is 0 Å². The van der Waals surface area contributed by atoms with Crippen LogP contribution in [0.4, 0.5) is 30.2 Å². The third-order valence-electron chi connectivity index (χ3n) is 4.49. The standard InChI is InChI=1S/C22H15ClF3N3O5S/c23-20-11-6-16(13-19(20)22(24,25)26)28-35(33,34)18-9-4-15(5-10-18)27-21(30)12-3-14-1-7-17(8-2-14)29(31)32/h1-13,28H,(H,27,30)/b12-3+. The van der Waals surface area contributed by atoms with Crippen LogP contribution in [0.15, 0.2) is 77.7 Å². The minimum absolute atomic E-state index is 0.0898. The van der Waals surface area contributed by atoms with E-state index in [2.05, 4.69) is 10.0 Å². The lowest BCUT2D eigenvalue weighted by molar-refractivity contribution is -0.384. The summed E-state index contributed by atoms with van der Waals surface area (Å²) in [5, 5.41) is 12.6. The first kappa shape index (κ1) is 25.7. The third kappa shape index (κ3) is 6.80. The Hall–Kier alpha value is -3.90.